The van der Waals surface area contributed by atoms with Crippen LogP contribution in [0.25, 0.3) is 11.0 Å². The van der Waals surface area contributed by atoms with Gasteiger partial charge in [-0.05, 0) is 36.6 Å². The van der Waals surface area contributed by atoms with Crippen LogP contribution in [0.3, 0.4) is 0 Å². The van der Waals surface area contributed by atoms with Gasteiger partial charge in [-0.25, -0.2) is 4.79 Å². The second-order valence-corrected chi connectivity index (χ2v) is 6.57. The van der Waals surface area contributed by atoms with Crippen molar-refractivity contribution in [1.29, 1.82) is 0 Å². The highest BCUT2D eigenvalue weighted by Crippen LogP contribution is 2.26. The van der Waals surface area contributed by atoms with E-state index >= 15 is 0 Å². The number of hydrogen-bond donors (Lipinski definition) is 0. The predicted octanol–water partition coefficient (Wildman–Crippen LogP) is 4.99. The highest BCUT2D eigenvalue weighted by atomic mass is 35.5. The van der Waals surface area contributed by atoms with Crippen LogP contribution in [0.2, 0.25) is 5.02 Å². The first kappa shape index (κ1) is 18.2. The minimum absolute atomic E-state index is 0.0103. The molecule has 0 radical (unpaired) electrons. The molecule has 3 aromatic rings. The number of rotatable bonds is 5. The van der Waals surface area contributed by atoms with Crippen LogP contribution in [0.4, 0.5) is 0 Å². The molecule has 3 rings (SSSR count). The third-order valence-electron chi connectivity index (χ3n) is 4.37. The fourth-order valence-electron chi connectivity index (χ4n) is 2.94. The zero-order valence-electron chi connectivity index (χ0n) is 14.6. The van der Waals surface area contributed by atoms with Crippen molar-refractivity contribution in [1.82, 2.24) is 0 Å². The molecule has 2 aromatic carbocycles. The maximum Gasteiger partial charge on any atom is 0.336 e. The largest absolute Gasteiger partial charge is 0.460 e. The van der Waals surface area contributed by atoms with E-state index in [2.05, 4.69) is 0 Å². The summed E-state index contributed by atoms with van der Waals surface area (Å²) >= 11 is 6.19. The second kappa shape index (κ2) is 7.75. The molecule has 0 bridgehead atoms. The molecular weight excluding hydrogens is 352 g/mol. The lowest BCUT2D eigenvalue weighted by Crippen LogP contribution is -2.16. The van der Waals surface area contributed by atoms with Gasteiger partial charge >= 0.3 is 11.6 Å². The number of halogens is 1. The van der Waals surface area contributed by atoms with Gasteiger partial charge in [0, 0.05) is 22.0 Å². The van der Waals surface area contributed by atoms with Gasteiger partial charge < -0.3 is 9.15 Å². The lowest BCUT2D eigenvalue weighted by molar-refractivity contribution is -0.146. The minimum Gasteiger partial charge on any atom is -0.460 e. The van der Waals surface area contributed by atoms with Gasteiger partial charge in [0.05, 0.1) is 5.92 Å². The number of ether oxygens (including phenoxy) is 1. The Morgan fingerprint density at radius 3 is 2.62 bits per heavy atom. The van der Waals surface area contributed by atoms with E-state index in [0.717, 1.165) is 11.1 Å². The number of carbonyl (C=O) groups excluding carboxylic acids is 1. The van der Waals surface area contributed by atoms with E-state index in [0.29, 0.717) is 28.0 Å². The van der Waals surface area contributed by atoms with Crippen LogP contribution < -0.4 is 5.63 Å². The van der Waals surface area contributed by atoms with E-state index in [1.807, 2.05) is 44.2 Å². The minimum atomic E-state index is -0.486. The van der Waals surface area contributed by atoms with Crippen LogP contribution in [0.1, 0.15) is 36.0 Å². The number of hydrogen-bond acceptors (Lipinski definition) is 4. The van der Waals surface area contributed by atoms with E-state index in [9.17, 15) is 9.59 Å². The molecule has 134 valence electrons. The molecule has 0 spiro atoms. The van der Waals surface area contributed by atoms with Crippen molar-refractivity contribution >= 4 is 28.5 Å². The summed E-state index contributed by atoms with van der Waals surface area (Å²) in [4.78, 5) is 24.4. The maximum absolute atomic E-state index is 12.5. The van der Waals surface area contributed by atoms with Crippen LogP contribution in [0.15, 0.2) is 57.7 Å². The highest BCUT2D eigenvalue weighted by Gasteiger charge is 2.20. The summed E-state index contributed by atoms with van der Waals surface area (Å²) in [6.07, 6.45) is 0.631. The molecular formula is C21H19ClO4. The van der Waals surface area contributed by atoms with E-state index in [1.54, 1.807) is 12.1 Å². The molecule has 0 fully saturated rings. The van der Waals surface area contributed by atoms with Crippen LogP contribution in [0, 0.1) is 6.92 Å². The Labute approximate surface area is 156 Å². The Morgan fingerprint density at radius 2 is 1.92 bits per heavy atom. The summed E-state index contributed by atoms with van der Waals surface area (Å²) in [6, 6.07) is 14.3. The monoisotopic (exact) mass is 370 g/mol. The summed E-state index contributed by atoms with van der Waals surface area (Å²) in [5.41, 5.74) is 2.25. The van der Waals surface area contributed by atoms with E-state index in [-0.39, 0.29) is 18.5 Å². The molecule has 0 saturated carbocycles. The van der Waals surface area contributed by atoms with Crippen LogP contribution in [0.5, 0.6) is 0 Å². The third kappa shape index (κ3) is 3.81. The lowest BCUT2D eigenvalue weighted by Gasteiger charge is -2.15. The smallest absolute Gasteiger partial charge is 0.336 e. The molecule has 0 saturated heterocycles. The quantitative estimate of drug-likeness (QED) is 0.469. The molecule has 0 aliphatic carbocycles. The number of fused-ring (bicyclic) bond motifs is 1. The zero-order chi connectivity index (χ0) is 18.7. The summed E-state index contributed by atoms with van der Waals surface area (Å²) in [5, 5.41) is 1.23. The first-order chi connectivity index (χ1) is 12.5. The highest BCUT2D eigenvalue weighted by molar-refractivity contribution is 6.32. The fourth-order valence-corrected chi connectivity index (χ4v) is 3.10. The standard InChI is InChI=1S/C21H19ClO4/c1-3-16(14-7-5-4-6-8-14)21(24)25-12-15-10-20(23)26-19-9-13(2)18(22)11-17(15)19/h4-11,16H,3,12H2,1-2H3/t16-/m1/s1. The Bertz CT molecular complexity index is 992. The van der Waals surface area contributed by atoms with Gasteiger partial charge in [0.1, 0.15) is 12.2 Å². The molecule has 5 heteroatoms. The maximum atomic E-state index is 12.5. The van der Waals surface area contributed by atoms with Crippen molar-refractivity contribution in [2.75, 3.05) is 0 Å². The van der Waals surface area contributed by atoms with Gasteiger partial charge in [-0.15, -0.1) is 0 Å². The third-order valence-corrected chi connectivity index (χ3v) is 4.78. The van der Waals surface area contributed by atoms with Gasteiger partial charge in [-0.3, -0.25) is 4.79 Å². The van der Waals surface area contributed by atoms with Gasteiger partial charge in [0.25, 0.3) is 0 Å². The van der Waals surface area contributed by atoms with Gasteiger partial charge in [-0.1, -0.05) is 48.9 Å². The molecule has 0 unspecified atom stereocenters. The molecule has 1 aromatic heterocycles. The Morgan fingerprint density at radius 1 is 1.19 bits per heavy atom. The van der Waals surface area contributed by atoms with Crippen LogP contribution in [-0.4, -0.2) is 5.97 Å². The first-order valence-corrected chi connectivity index (χ1v) is 8.82. The fraction of sp³-hybridized carbons (Fsp3) is 0.238. The zero-order valence-corrected chi connectivity index (χ0v) is 15.4. The Kier molecular flexibility index (Phi) is 5.43. The molecule has 0 aliphatic rings. The number of carbonyl (C=O) groups is 1. The van der Waals surface area contributed by atoms with Crippen molar-refractivity contribution in [2.24, 2.45) is 0 Å². The normalized spacial score (nSPS) is 12.1. The molecule has 1 atom stereocenters. The molecule has 26 heavy (non-hydrogen) atoms. The van der Waals surface area contributed by atoms with E-state index in [1.165, 1.54) is 6.07 Å². The SMILES string of the molecule is CC[C@@H](C(=O)OCc1cc(=O)oc2cc(C)c(Cl)cc12)c1ccccc1. The van der Waals surface area contributed by atoms with Gasteiger partial charge in [0.15, 0.2) is 0 Å². The summed E-state index contributed by atoms with van der Waals surface area (Å²) in [5.74, 6) is -0.660. The van der Waals surface area contributed by atoms with Gasteiger partial charge in [-0.2, -0.15) is 0 Å². The lowest BCUT2D eigenvalue weighted by atomic mass is 9.97. The molecule has 1 heterocycles. The van der Waals surface area contributed by atoms with Crippen molar-refractivity contribution in [3.05, 3.63) is 80.7 Å². The average molecular weight is 371 g/mol. The summed E-state index contributed by atoms with van der Waals surface area (Å²) in [6.45, 7) is 3.76. The first-order valence-electron chi connectivity index (χ1n) is 8.44. The summed E-state index contributed by atoms with van der Waals surface area (Å²) < 4.78 is 10.7. The number of benzene rings is 2. The van der Waals surface area contributed by atoms with Crippen LogP contribution >= 0.6 is 11.6 Å². The molecule has 0 N–H and O–H groups in total. The average Bonchev–Trinajstić information content (AvgIpc) is 2.62. The van der Waals surface area contributed by atoms with Crippen molar-refractivity contribution in [3.63, 3.8) is 0 Å². The predicted molar refractivity (Wildman–Crippen MR) is 102 cm³/mol. The van der Waals surface area contributed by atoms with E-state index in [4.69, 9.17) is 20.8 Å². The molecule has 0 amide bonds. The molecule has 0 aliphatic heterocycles. The van der Waals surface area contributed by atoms with Crippen LogP contribution in [-0.2, 0) is 16.1 Å². The second-order valence-electron chi connectivity index (χ2n) is 6.17. The molecule has 4 nitrogen and oxygen atoms in total. The van der Waals surface area contributed by atoms with Crippen molar-refractivity contribution in [2.45, 2.75) is 32.8 Å². The van der Waals surface area contributed by atoms with Crippen molar-refractivity contribution in [3.8, 4) is 0 Å². The topological polar surface area (TPSA) is 56.5 Å². The number of esters is 1. The van der Waals surface area contributed by atoms with Crippen molar-refractivity contribution < 1.29 is 13.9 Å². The summed E-state index contributed by atoms with van der Waals surface area (Å²) in [7, 11) is 0. The Balaban J connectivity index is 1.86. The van der Waals surface area contributed by atoms with Gasteiger partial charge in [0.2, 0.25) is 0 Å². The van der Waals surface area contributed by atoms with E-state index < -0.39 is 5.63 Å². The number of aryl methyl sites for hydroxylation is 1. The Hall–Kier alpha value is -2.59.